The second-order valence-electron chi connectivity index (χ2n) is 7.68. The SMILES string of the molecule is COC(=O)C(C(=O)OC)C(C)C(ON(Cc1ccccc1)c1ccccc1)c1ccccc1. The van der Waals surface area contributed by atoms with Crippen molar-refractivity contribution in [3.8, 4) is 0 Å². The van der Waals surface area contributed by atoms with Crippen molar-refractivity contribution in [1.29, 1.82) is 0 Å². The fourth-order valence-corrected chi connectivity index (χ4v) is 3.73. The van der Waals surface area contributed by atoms with E-state index in [2.05, 4.69) is 0 Å². The molecule has 0 heterocycles. The number of hydroxylamine groups is 1. The maximum Gasteiger partial charge on any atom is 0.320 e. The summed E-state index contributed by atoms with van der Waals surface area (Å²) in [5.74, 6) is -3.03. The molecular formula is C27H29NO5. The number of ether oxygens (including phenoxy) is 2. The van der Waals surface area contributed by atoms with Gasteiger partial charge in [-0.1, -0.05) is 85.8 Å². The zero-order chi connectivity index (χ0) is 23.6. The minimum absolute atomic E-state index is 0.474. The summed E-state index contributed by atoms with van der Waals surface area (Å²) in [7, 11) is 2.52. The molecule has 0 saturated heterocycles. The van der Waals surface area contributed by atoms with Gasteiger partial charge in [-0.2, -0.15) is 0 Å². The maximum atomic E-state index is 12.5. The third-order valence-corrected chi connectivity index (χ3v) is 5.50. The van der Waals surface area contributed by atoms with E-state index in [1.54, 1.807) is 12.0 Å². The van der Waals surface area contributed by atoms with Crippen LogP contribution in [0.1, 0.15) is 24.2 Å². The molecule has 6 nitrogen and oxygen atoms in total. The van der Waals surface area contributed by atoms with E-state index in [9.17, 15) is 9.59 Å². The Kier molecular flexibility index (Phi) is 8.61. The van der Waals surface area contributed by atoms with Crippen LogP contribution >= 0.6 is 0 Å². The molecule has 0 aliphatic rings. The lowest BCUT2D eigenvalue weighted by Gasteiger charge is -2.34. The van der Waals surface area contributed by atoms with Gasteiger partial charge in [0.2, 0.25) is 0 Å². The van der Waals surface area contributed by atoms with Crippen molar-refractivity contribution in [2.75, 3.05) is 19.3 Å². The normalized spacial score (nSPS) is 12.6. The van der Waals surface area contributed by atoms with Crippen LogP contribution in [-0.4, -0.2) is 26.2 Å². The first-order valence-electron chi connectivity index (χ1n) is 10.8. The van der Waals surface area contributed by atoms with Crippen molar-refractivity contribution in [1.82, 2.24) is 0 Å². The Morgan fingerprint density at radius 1 is 0.758 bits per heavy atom. The number of hydrogen-bond acceptors (Lipinski definition) is 6. The van der Waals surface area contributed by atoms with Crippen LogP contribution in [0, 0.1) is 11.8 Å². The Balaban J connectivity index is 2.01. The third kappa shape index (κ3) is 6.20. The van der Waals surface area contributed by atoms with E-state index >= 15 is 0 Å². The van der Waals surface area contributed by atoms with Crippen molar-refractivity contribution in [3.05, 3.63) is 102 Å². The van der Waals surface area contributed by atoms with Gasteiger partial charge in [-0.15, -0.1) is 0 Å². The first-order chi connectivity index (χ1) is 16.0. The van der Waals surface area contributed by atoms with E-state index in [1.165, 1.54) is 14.2 Å². The summed E-state index contributed by atoms with van der Waals surface area (Å²) in [6, 6.07) is 29.2. The van der Waals surface area contributed by atoms with Gasteiger partial charge >= 0.3 is 11.9 Å². The predicted octanol–water partition coefficient (Wildman–Crippen LogP) is 4.96. The van der Waals surface area contributed by atoms with E-state index in [1.807, 2.05) is 91.0 Å². The van der Waals surface area contributed by atoms with Gasteiger partial charge in [0.05, 0.1) is 26.5 Å². The molecule has 0 radical (unpaired) electrons. The highest BCUT2D eigenvalue weighted by atomic mass is 16.7. The number of benzene rings is 3. The minimum Gasteiger partial charge on any atom is -0.468 e. The van der Waals surface area contributed by atoms with Gasteiger partial charge < -0.3 is 9.47 Å². The molecule has 2 atom stereocenters. The number of nitrogens with zero attached hydrogens (tertiary/aromatic N) is 1. The lowest BCUT2D eigenvalue weighted by Crippen LogP contribution is -2.38. The predicted molar refractivity (Wildman–Crippen MR) is 126 cm³/mol. The smallest absolute Gasteiger partial charge is 0.320 e. The quantitative estimate of drug-likeness (QED) is 0.249. The van der Waals surface area contributed by atoms with Gasteiger partial charge in [0.25, 0.3) is 0 Å². The van der Waals surface area contributed by atoms with Crippen LogP contribution in [0.5, 0.6) is 0 Å². The summed E-state index contributed by atoms with van der Waals surface area (Å²) in [6.45, 7) is 2.27. The van der Waals surface area contributed by atoms with Crippen LogP contribution in [-0.2, 0) is 30.4 Å². The maximum absolute atomic E-state index is 12.5. The Bertz CT molecular complexity index is 994. The highest BCUT2D eigenvalue weighted by molar-refractivity contribution is 5.95. The summed E-state index contributed by atoms with van der Waals surface area (Å²) in [5, 5.41) is 1.79. The van der Waals surface area contributed by atoms with E-state index in [4.69, 9.17) is 14.3 Å². The Morgan fingerprint density at radius 3 is 1.76 bits per heavy atom. The molecule has 3 aromatic carbocycles. The van der Waals surface area contributed by atoms with E-state index in [-0.39, 0.29) is 0 Å². The number of anilines is 1. The van der Waals surface area contributed by atoms with Crippen LogP contribution < -0.4 is 5.06 Å². The van der Waals surface area contributed by atoms with Crippen LogP contribution in [0.3, 0.4) is 0 Å². The molecule has 6 heteroatoms. The molecular weight excluding hydrogens is 418 g/mol. The monoisotopic (exact) mass is 447 g/mol. The minimum atomic E-state index is -1.14. The molecule has 0 spiro atoms. The first-order valence-corrected chi connectivity index (χ1v) is 10.8. The average molecular weight is 448 g/mol. The Morgan fingerprint density at radius 2 is 1.24 bits per heavy atom. The molecule has 2 unspecified atom stereocenters. The van der Waals surface area contributed by atoms with Gasteiger partial charge in [0, 0.05) is 5.92 Å². The summed E-state index contributed by atoms with van der Waals surface area (Å²) < 4.78 is 9.84. The van der Waals surface area contributed by atoms with Gasteiger partial charge in [-0.3, -0.25) is 14.4 Å². The second kappa shape index (κ2) is 11.8. The van der Waals surface area contributed by atoms with Crippen molar-refractivity contribution in [2.24, 2.45) is 11.8 Å². The third-order valence-electron chi connectivity index (χ3n) is 5.50. The largest absolute Gasteiger partial charge is 0.468 e. The molecule has 0 saturated carbocycles. The standard InChI is InChI=1S/C27H29NO5/c1-20(24(26(29)31-2)27(30)32-3)25(22-15-9-5-10-16-22)33-28(23-17-11-6-12-18-23)19-21-13-7-4-8-14-21/h4-18,20,24-25H,19H2,1-3H3. The molecule has 0 amide bonds. The van der Waals surface area contributed by atoms with Gasteiger partial charge in [0.1, 0.15) is 6.10 Å². The Hall–Kier alpha value is -3.64. The van der Waals surface area contributed by atoms with Crippen molar-refractivity contribution in [3.63, 3.8) is 0 Å². The number of carbonyl (C=O) groups excluding carboxylic acids is 2. The molecule has 0 fully saturated rings. The summed E-state index contributed by atoms with van der Waals surface area (Å²) in [4.78, 5) is 31.7. The van der Waals surface area contributed by atoms with Crippen LogP contribution in [0.4, 0.5) is 5.69 Å². The fourth-order valence-electron chi connectivity index (χ4n) is 3.73. The molecule has 0 N–H and O–H groups in total. The highest BCUT2D eigenvalue weighted by Gasteiger charge is 2.40. The second-order valence-corrected chi connectivity index (χ2v) is 7.68. The zero-order valence-corrected chi connectivity index (χ0v) is 19.1. The summed E-state index contributed by atoms with van der Waals surface area (Å²) >= 11 is 0. The van der Waals surface area contributed by atoms with Crippen molar-refractivity contribution < 1.29 is 23.9 Å². The number of rotatable bonds is 10. The van der Waals surface area contributed by atoms with E-state index in [0.717, 1.165) is 16.8 Å². The molecule has 172 valence electrons. The van der Waals surface area contributed by atoms with Crippen molar-refractivity contribution >= 4 is 17.6 Å². The van der Waals surface area contributed by atoms with E-state index in [0.29, 0.717) is 6.54 Å². The molecule has 3 rings (SSSR count). The Labute approximate surface area is 194 Å². The lowest BCUT2D eigenvalue weighted by atomic mass is 9.85. The highest BCUT2D eigenvalue weighted by Crippen LogP contribution is 2.35. The number of methoxy groups -OCH3 is 2. The summed E-state index contributed by atoms with van der Waals surface area (Å²) in [6.07, 6.45) is -0.627. The van der Waals surface area contributed by atoms with Crippen LogP contribution in [0.25, 0.3) is 0 Å². The fraction of sp³-hybridized carbons (Fsp3) is 0.259. The molecule has 33 heavy (non-hydrogen) atoms. The van der Waals surface area contributed by atoms with Crippen LogP contribution in [0.15, 0.2) is 91.0 Å². The molecule has 0 aromatic heterocycles. The van der Waals surface area contributed by atoms with Crippen molar-refractivity contribution in [2.45, 2.75) is 19.6 Å². The molecule has 0 aliphatic carbocycles. The number of carbonyl (C=O) groups is 2. The topological polar surface area (TPSA) is 65.1 Å². The number of hydrogen-bond donors (Lipinski definition) is 0. The lowest BCUT2D eigenvalue weighted by molar-refractivity contribution is -0.165. The molecule has 0 aliphatic heterocycles. The van der Waals surface area contributed by atoms with Gasteiger partial charge in [0.15, 0.2) is 5.92 Å². The summed E-state index contributed by atoms with van der Waals surface area (Å²) in [5.41, 5.74) is 2.73. The first kappa shape index (κ1) is 24.0. The molecule has 0 bridgehead atoms. The molecule has 3 aromatic rings. The average Bonchev–Trinajstić information content (AvgIpc) is 2.87. The van der Waals surface area contributed by atoms with Gasteiger partial charge in [-0.25, -0.2) is 5.06 Å². The van der Waals surface area contributed by atoms with Gasteiger partial charge in [-0.05, 0) is 23.3 Å². The zero-order valence-electron chi connectivity index (χ0n) is 19.1. The number of para-hydroxylation sites is 1. The van der Waals surface area contributed by atoms with Crippen LogP contribution in [0.2, 0.25) is 0 Å². The number of esters is 2. The van der Waals surface area contributed by atoms with E-state index < -0.39 is 29.9 Å².